The standard InChI is InChI=1S/C15H15N3O2S.ClH.Pt/c1-20-13-9-5-6-11(14(13)19)10-16-18-15(21)17-12-7-3-2-4-8-12;;/h2-10,19H,1H3,(H2,17,18,21);1H;/q;;+2. The van der Waals surface area contributed by atoms with Crippen molar-refractivity contribution in [2.75, 3.05) is 12.4 Å². The Morgan fingerprint density at radius 3 is 2.57 bits per heavy atom. The number of hydrazone groups is 1. The molecule has 2 rings (SSSR count). The number of nitrogens with one attached hydrogen (secondary N) is 2. The van der Waals surface area contributed by atoms with Gasteiger partial charge in [-0.15, -0.1) is 0 Å². The van der Waals surface area contributed by atoms with Crippen LogP contribution >= 0.6 is 21.6 Å². The zero-order valence-electron chi connectivity index (χ0n) is 12.2. The first-order valence-electron chi connectivity index (χ1n) is 6.36. The summed E-state index contributed by atoms with van der Waals surface area (Å²) < 4.78 is 5.08. The molecule has 0 spiro atoms. The predicted octanol–water partition coefficient (Wildman–Crippen LogP) is 3.14. The summed E-state index contributed by atoms with van der Waals surface area (Å²) in [5, 5.41) is 15.3. The van der Waals surface area contributed by atoms with Crippen LogP contribution in [0.1, 0.15) is 5.56 Å². The van der Waals surface area contributed by atoms with Gasteiger partial charge in [0, 0.05) is 5.69 Å². The number of nitrogens with zero attached hydrogens (tertiary/aromatic N) is 1. The van der Waals surface area contributed by atoms with E-state index in [1.807, 2.05) is 30.3 Å². The third-order valence-electron chi connectivity index (χ3n) is 2.68. The normalized spacial score (nSPS) is 9.74. The average Bonchev–Trinajstić information content (AvgIpc) is 2.59. The minimum absolute atomic E-state index is 0.285. The average molecular weight is 533 g/mol. The predicted molar refractivity (Wildman–Crippen MR) is 95.3 cm³/mol. The molecule has 0 saturated heterocycles. The van der Waals surface area contributed by atoms with Crippen LogP contribution in [0.2, 0.25) is 0 Å². The number of methoxy groups -OCH3 is 1. The number of hydrogen-bond acceptors (Lipinski definition) is 3. The quantitative estimate of drug-likeness (QED) is 0.275. The summed E-state index contributed by atoms with van der Waals surface area (Å²) >= 11 is 6.74. The second-order valence-electron chi connectivity index (χ2n) is 4.11. The van der Waals surface area contributed by atoms with Crippen LogP contribution in [0.3, 0.4) is 0 Å². The van der Waals surface area contributed by atoms with E-state index in [0.717, 1.165) is 5.69 Å². The Balaban J connectivity index is 0.00000127. The zero-order chi connectivity index (χ0) is 17.1. The molecule has 0 aliphatic rings. The van der Waals surface area contributed by atoms with Crippen LogP contribution in [0.25, 0.3) is 0 Å². The van der Waals surface area contributed by atoms with Gasteiger partial charge in [-0.05, 0) is 36.5 Å². The fourth-order valence-electron chi connectivity index (χ4n) is 1.67. The third-order valence-corrected chi connectivity index (χ3v) is 2.87. The van der Waals surface area contributed by atoms with E-state index >= 15 is 0 Å². The molecule has 0 bridgehead atoms. The molecule has 2 aromatic rings. The van der Waals surface area contributed by atoms with E-state index in [1.165, 1.54) is 13.3 Å². The number of rotatable bonds is 4. The van der Waals surface area contributed by atoms with E-state index in [9.17, 15) is 0 Å². The van der Waals surface area contributed by atoms with E-state index in [1.54, 1.807) is 37.0 Å². The van der Waals surface area contributed by atoms with Crippen LogP contribution in [0, 0.1) is 0 Å². The van der Waals surface area contributed by atoms with E-state index in [4.69, 9.17) is 22.1 Å². The monoisotopic (exact) mass is 532 g/mol. The number of ether oxygens (including phenoxy) is 1. The summed E-state index contributed by atoms with van der Waals surface area (Å²) in [7, 11) is 6.14. The van der Waals surface area contributed by atoms with Crippen LogP contribution in [0.15, 0.2) is 53.6 Å². The summed E-state index contributed by atoms with van der Waals surface area (Å²) in [6, 6.07) is 14.9. The van der Waals surface area contributed by atoms with Crippen LogP contribution in [-0.2, 0) is 18.8 Å². The van der Waals surface area contributed by atoms with Gasteiger partial charge in [-0.1, -0.05) is 24.3 Å². The summed E-state index contributed by atoms with van der Waals surface area (Å²) in [6.07, 6.45) is 1.53. The number of anilines is 1. The van der Waals surface area contributed by atoms with Gasteiger partial charge in [-0.2, -0.15) is 5.10 Å². The Morgan fingerprint density at radius 2 is 1.91 bits per heavy atom. The zero-order valence-corrected chi connectivity index (χ0v) is 16.0. The van der Waals surface area contributed by atoms with Gasteiger partial charge >= 0.3 is 33.9 Å². The molecule has 124 valence electrons. The van der Waals surface area contributed by atoms with Crippen molar-refractivity contribution in [1.82, 2.24) is 5.43 Å². The maximum atomic E-state index is 7.92. The molecule has 0 aromatic heterocycles. The molecule has 0 heterocycles. The Kier molecular flexibility index (Phi) is 9.29. The Morgan fingerprint density at radius 1 is 1.22 bits per heavy atom. The van der Waals surface area contributed by atoms with Gasteiger partial charge in [-0.3, -0.25) is 5.43 Å². The summed E-state index contributed by atoms with van der Waals surface area (Å²) in [6.45, 7) is 0. The van der Waals surface area contributed by atoms with E-state index in [0.29, 0.717) is 16.4 Å². The van der Waals surface area contributed by atoms with Crippen molar-refractivity contribution in [3.8, 4) is 11.5 Å². The molecular formula is C15H16ClN3O2PtS+2. The first-order valence-corrected chi connectivity index (χ1v) is 9.58. The fraction of sp³-hybridized carbons (Fsp3) is 0.0667. The van der Waals surface area contributed by atoms with Crippen molar-refractivity contribution in [2.24, 2.45) is 5.10 Å². The van der Waals surface area contributed by atoms with Crippen molar-refractivity contribution in [3.05, 3.63) is 54.1 Å². The van der Waals surface area contributed by atoms with Crippen LogP contribution < -0.4 is 15.5 Å². The number of halogens is 1. The molecule has 0 amide bonds. The Bertz CT molecular complexity index is 656. The number of benzene rings is 2. The van der Waals surface area contributed by atoms with Gasteiger partial charge in [-0.25, -0.2) is 0 Å². The molecule has 0 atom stereocenters. The van der Waals surface area contributed by atoms with Crippen molar-refractivity contribution < 1.29 is 28.6 Å². The number of hydrogen-bond donors (Lipinski definition) is 2. The summed E-state index contributed by atoms with van der Waals surface area (Å²) in [4.78, 5) is 0. The molecule has 0 unspecified atom stereocenters. The molecule has 0 saturated carbocycles. The minimum atomic E-state index is 0.285. The molecule has 8 heteroatoms. The van der Waals surface area contributed by atoms with Gasteiger partial charge in [0.05, 0.1) is 18.9 Å². The van der Waals surface area contributed by atoms with Gasteiger partial charge in [0.1, 0.15) is 0 Å². The molecule has 2 aromatic carbocycles. The molecule has 0 fully saturated rings. The Hall–Kier alpha value is -1.62. The number of para-hydroxylation sites is 2. The topological polar surface area (TPSA) is 68.5 Å². The van der Waals surface area contributed by atoms with E-state index in [2.05, 4.69) is 25.3 Å². The van der Waals surface area contributed by atoms with Gasteiger partial charge in [0.2, 0.25) is 5.75 Å². The van der Waals surface area contributed by atoms with Crippen LogP contribution in [0.5, 0.6) is 11.5 Å². The van der Waals surface area contributed by atoms with Crippen molar-refractivity contribution in [3.63, 3.8) is 0 Å². The molecule has 0 aliphatic heterocycles. The molecule has 0 radical (unpaired) electrons. The third kappa shape index (κ3) is 6.57. The van der Waals surface area contributed by atoms with E-state index in [-0.39, 0.29) is 5.75 Å². The summed E-state index contributed by atoms with van der Waals surface area (Å²) in [5.41, 5.74) is 4.24. The first kappa shape index (κ1) is 19.4. The van der Waals surface area contributed by atoms with Crippen molar-refractivity contribution >= 4 is 38.7 Å². The van der Waals surface area contributed by atoms with Gasteiger partial charge in [0.25, 0.3) is 0 Å². The Labute approximate surface area is 155 Å². The van der Waals surface area contributed by atoms with Crippen LogP contribution in [-0.4, -0.2) is 23.5 Å². The first-order chi connectivity index (χ1) is 11.2. The molecule has 5 nitrogen and oxygen atoms in total. The maximum absolute atomic E-state index is 7.92. The van der Waals surface area contributed by atoms with Crippen molar-refractivity contribution in [1.29, 1.82) is 0 Å². The van der Waals surface area contributed by atoms with Gasteiger partial charge in [0.15, 0.2) is 5.11 Å². The molecule has 4 N–H and O–H groups in total. The summed E-state index contributed by atoms with van der Waals surface area (Å²) in [5.74, 6) is 0.788. The fourth-order valence-corrected chi connectivity index (χ4v) is 1.84. The molecule has 0 aliphatic carbocycles. The van der Waals surface area contributed by atoms with Gasteiger partial charge < -0.3 is 15.2 Å². The number of thiocarbonyl (C=S) groups is 1. The SMILES string of the molecule is COc1cccc(C=NNC(=S)Nc2ccccc2)c1[OH2+].[Cl][Pt+]. The van der Waals surface area contributed by atoms with Crippen LogP contribution in [0.4, 0.5) is 5.69 Å². The van der Waals surface area contributed by atoms with Crippen molar-refractivity contribution in [2.45, 2.75) is 0 Å². The second kappa shape index (κ2) is 11.0. The molecular weight excluding hydrogens is 517 g/mol. The van der Waals surface area contributed by atoms with E-state index < -0.39 is 0 Å². The second-order valence-corrected chi connectivity index (χ2v) is 4.52. The molecule has 23 heavy (non-hydrogen) atoms.